The van der Waals surface area contributed by atoms with Gasteiger partial charge < -0.3 is 10.6 Å². The summed E-state index contributed by atoms with van der Waals surface area (Å²) in [4.78, 5) is 18.6. The second-order valence-corrected chi connectivity index (χ2v) is 5.11. The van der Waals surface area contributed by atoms with Crippen LogP contribution in [0.15, 0.2) is 18.3 Å². The van der Waals surface area contributed by atoms with Crippen LogP contribution >= 0.6 is 24.8 Å². The lowest BCUT2D eigenvalue weighted by Crippen LogP contribution is -2.51. The second kappa shape index (κ2) is 8.45. The number of nitrogens with zero attached hydrogens (tertiary/aromatic N) is 2. The summed E-state index contributed by atoms with van der Waals surface area (Å²) in [6.07, 6.45) is 4.88. The first-order valence-corrected chi connectivity index (χ1v) is 6.59. The fourth-order valence-electron chi connectivity index (χ4n) is 2.52. The maximum Gasteiger partial charge on any atom is 0.255 e. The van der Waals surface area contributed by atoms with E-state index in [4.69, 9.17) is 5.73 Å². The zero-order valence-electron chi connectivity index (χ0n) is 11.9. The van der Waals surface area contributed by atoms with Crippen LogP contribution in [-0.2, 0) is 0 Å². The minimum absolute atomic E-state index is 0. The topological polar surface area (TPSA) is 59.2 Å². The van der Waals surface area contributed by atoms with Crippen LogP contribution in [-0.4, -0.2) is 34.4 Å². The van der Waals surface area contributed by atoms with Crippen molar-refractivity contribution in [1.82, 2.24) is 9.88 Å². The smallest absolute Gasteiger partial charge is 0.255 e. The van der Waals surface area contributed by atoms with Gasteiger partial charge in [0.25, 0.3) is 5.91 Å². The molecule has 2 N–H and O–H groups in total. The highest BCUT2D eigenvalue weighted by Crippen LogP contribution is 2.21. The Morgan fingerprint density at radius 1 is 1.40 bits per heavy atom. The fraction of sp³-hybridized carbons (Fsp3) is 0.571. The Hall–Kier alpha value is -0.840. The largest absolute Gasteiger partial charge is 0.334 e. The molecule has 1 aromatic heterocycles. The Morgan fingerprint density at radius 2 is 2.10 bits per heavy atom. The van der Waals surface area contributed by atoms with Crippen molar-refractivity contribution in [3.63, 3.8) is 0 Å². The van der Waals surface area contributed by atoms with E-state index in [0.29, 0.717) is 5.56 Å². The lowest BCUT2D eigenvalue weighted by Gasteiger charge is -2.38. The van der Waals surface area contributed by atoms with Crippen LogP contribution < -0.4 is 5.73 Å². The third kappa shape index (κ3) is 4.33. The van der Waals surface area contributed by atoms with Crippen LogP contribution in [0, 0.1) is 6.92 Å². The Labute approximate surface area is 132 Å². The average molecular weight is 320 g/mol. The molecule has 0 aliphatic carbocycles. The number of hydrogen-bond acceptors (Lipinski definition) is 3. The number of pyridine rings is 1. The SMILES string of the molecule is Cc1ccc(C(=O)N2CCCCC2C(C)N)cn1.Cl.Cl. The number of amides is 1. The Morgan fingerprint density at radius 3 is 2.65 bits per heavy atom. The van der Waals surface area contributed by atoms with Gasteiger partial charge in [0.05, 0.1) is 5.56 Å². The number of nitrogens with two attached hydrogens (primary N) is 1. The van der Waals surface area contributed by atoms with Gasteiger partial charge in [0, 0.05) is 30.5 Å². The summed E-state index contributed by atoms with van der Waals surface area (Å²) in [5.74, 6) is 0.0597. The van der Waals surface area contributed by atoms with Crippen molar-refractivity contribution < 1.29 is 4.79 Å². The predicted octanol–water partition coefficient (Wildman–Crippen LogP) is 2.58. The quantitative estimate of drug-likeness (QED) is 0.911. The molecule has 0 spiro atoms. The number of carbonyl (C=O) groups excluding carboxylic acids is 1. The van der Waals surface area contributed by atoms with Gasteiger partial charge in [-0.15, -0.1) is 24.8 Å². The van der Waals surface area contributed by atoms with Crippen molar-refractivity contribution in [3.05, 3.63) is 29.6 Å². The Bertz CT molecular complexity index is 423. The first-order valence-electron chi connectivity index (χ1n) is 6.59. The summed E-state index contributed by atoms with van der Waals surface area (Å²) in [5, 5.41) is 0. The molecule has 1 amide bonds. The van der Waals surface area contributed by atoms with Gasteiger partial charge in [0.15, 0.2) is 0 Å². The molecule has 0 bridgehead atoms. The molecular formula is C14H23Cl2N3O. The lowest BCUT2D eigenvalue weighted by atomic mass is 9.96. The normalized spacial score (nSPS) is 19.6. The second-order valence-electron chi connectivity index (χ2n) is 5.11. The van der Waals surface area contributed by atoms with Crippen molar-refractivity contribution in [2.75, 3.05) is 6.54 Å². The molecule has 6 heteroatoms. The highest BCUT2D eigenvalue weighted by atomic mass is 35.5. The third-order valence-electron chi connectivity index (χ3n) is 3.58. The summed E-state index contributed by atoms with van der Waals surface area (Å²) >= 11 is 0. The zero-order valence-corrected chi connectivity index (χ0v) is 13.5. The van der Waals surface area contributed by atoms with E-state index in [2.05, 4.69) is 4.98 Å². The standard InChI is InChI=1S/C14H21N3O.2ClH/c1-10-6-7-12(9-16-10)14(18)17-8-4-3-5-13(17)11(2)15;;/h6-7,9,11,13H,3-5,8,15H2,1-2H3;2*1H. The molecule has 4 nitrogen and oxygen atoms in total. The number of piperidine rings is 1. The van der Waals surface area contributed by atoms with Gasteiger partial charge in [-0.1, -0.05) is 0 Å². The van der Waals surface area contributed by atoms with Crippen LogP contribution in [0.4, 0.5) is 0 Å². The van der Waals surface area contributed by atoms with Gasteiger partial charge in [-0.3, -0.25) is 9.78 Å². The van der Waals surface area contributed by atoms with E-state index in [1.807, 2.05) is 30.9 Å². The lowest BCUT2D eigenvalue weighted by molar-refractivity contribution is 0.0583. The fourth-order valence-corrected chi connectivity index (χ4v) is 2.52. The van der Waals surface area contributed by atoms with Gasteiger partial charge >= 0.3 is 0 Å². The maximum absolute atomic E-state index is 12.5. The van der Waals surface area contributed by atoms with Crippen molar-refractivity contribution in [2.24, 2.45) is 5.73 Å². The first kappa shape index (κ1) is 19.2. The number of hydrogen-bond donors (Lipinski definition) is 1. The molecule has 0 radical (unpaired) electrons. The molecule has 2 atom stereocenters. The van der Waals surface area contributed by atoms with E-state index in [1.165, 1.54) is 0 Å². The van der Waals surface area contributed by atoms with Gasteiger partial charge in [0.2, 0.25) is 0 Å². The molecule has 2 unspecified atom stereocenters. The molecule has 1 fully saturated rings. The summed E-state index contributed by atoms with van der Waals surface area (Å²) < 4.78 is 0. The van der Waals surface area contributed by atoms with Crippen LogP contribution in [0.5, 0.6) is 0 Å². The third-order valence-corrected chi connectivity index (χ3v) is 3.58. The Kier molecular flexibility index (Phi) is 8.09. The van der Waals surface area contributed by atoms with Crippen LogP contribution in [0.1, 0.15) is 42.2 Å². The van der Waals surface area contributed by atoms with E-state index in [-0.39, 0.29) is 42.8 Å². The number of aromatic nitrogens is 1. The predicted molar refractivity (Wildman–Crippen MR) is 85.8 cm³/mol. The number of rotatable bonds is 2. The van der Waals surface area contributed by atoms with E-state index in [0.717, 1.165) is 31.5 Å². The molecule has 1 aliphatic rings. The summed E-state index contributed by atoms with van der Waals surface area (Å²) in [6.45, 7) is 4.70. The van der Waals surface area contributed by atoms with E-state index < -0.39 is 0 Å². The maximum atomic E-state index is 12.5. The molecule has 1 saturated heterocycles. The molecule has 1 aliphatic heterocycles. The number of carbonyl (C=O) groups is 1. The zero-order chi connectivity index (χ0) is 13.1. The van der Waals surface area contributed by atoms with Crippen LogP contribution in [0.3, 0.4) is 0 Å². The van der Waals surface area contributed by atoms with Crippen molar-refractivity contribution in [2.45, 2.75) is 45.2 Å². The highest BCUT2D eigenvalue weighted by Gasteiger charge is 2.29. The number of halogens is 2. The minimum atomic E-state index is 0. The van der Waals surface area contributed by atoms with Gasteiger partial charge in [0.1, 0.15) is 0 Å². The molecule has 114 valence electrons. The summed E-state index contributed by atoms with van der Waals surface area (Å²) in [7, 11) is 0. The van der Waals surface area contributed by atoms with E-state index in [9.17, 15) is 4.79 Å². The number of aryl methyl sites for hydroxylation is 1. The monoisotopic (exact) mass is 319 g/mol. The van der Waals surface area contributed by atoms with Gasteiger partial charge in [-0.25, -0.2) is 0 Å². The number of likely N-dealkylation sites (tertiary alicyclic amines) is 1. The van der Waals surface area contributed by atoms with E-state index in [1.54, 1.807) is 6.20 Å². The van der Waals surface area contributed by atoms with Crippen molar-refractivity contribution in [3.8, 4) is 0 Å². The molecule has 1 aromatic rings. The van der Waals surface area contributed by atoms with Gasteiger partial charge in [-0.2, -0.15) is 0 Å². The molecule has 0 aromatic carbocycles. The van der Waals surface area contributed by atoms with Crippen LogP contribution in [0.2, 0.25) is 0 Å². The summed E-state index contributed by atoms with van der Waals surface area (Å²) in [5.41, 5.74) is 7.57. The minimum Gasteiger partial charge on any atom is -0.334 e. The van der Waals surface area contributed by atoms with Crippen molar-refractivity contribution in [1.29, 1.82) is 0 Å². The molecule has 0 saturated carbocycles. The highest BCUT2D eigenvalue weighted by molar-refractivity contribution is 5.94. The molecule has 2 heterocycles. The molecule has 2 rings (SSSR count). The van der Waals surface area contributed by atoms with Crippen molar-refractivity contribution >= 4 is 30.7 Å². The van der Waals surface area contributed by atoms with E-state index >= 15 is 0 Å². The molecule has 20 heavy (non-hydrogen) atoms. The average Bonchev–Trinajstić information content (AvgIpc) is 2.39. The first-order chi connectivity index (χ1) is 8.59. The van der Waals surface area contributed by atoms with Gasteiger partial charge in [-0.05, 0) is 45.2 Å². The van der Waals surface area contributed by atoms with Crippen LogP contribution in [0.25, 0.3) is 0 Å². The Balaban J connectivity index is 0.00000180. The molecular weight excluding hydrogens is 297 g/mol. The summed E-state index contributed by atoms with van der Waals surface area (Å²) in [6, 6.07) is 3.90.